The average molecular weight is 422 g/mol. The van der Waals surface area contributed by atoms with Gasteiger partial charge in [-0.1, -0.05) is 129 Å². The molecule has 180 valence electrons. The molecule has 0 radical (unpaired) electrons. The number of hydrogen-bond acceptors (Lipinski definition) is 1. The molecule has 1 heteroatoms. The van der Waals surface area contributed by atoms with Gasteiger partial charge in [0.05, 0.1) is 0 Å². The second-order valence-electron chi connectivity index (χ2n) is 10.6. The smallest absolute Gasteiger partial charge is 0.0128 e. The first kappa shape index (κ1) is 29.7. The Morgan fingerprint density at radius 1 is 0.633 bits per heavy atom. The van der Waals surface area contributed by atoms with Crippen LogP contribution in [0.4, 0.5) is 0 Å². The summed E-state index contributed by atoms with van der Waals surface area (Å²) in [5.41, 5.74) is 6.61. The van der Waals surface area contributed by atoms with Crippen LogP contribution in [0.1, 0.15) is 156 Å². The van der Waals surface area contributed by atoms with Gasteiger partial charge in [0.15, 0.2) is 0 Å². The van der Waals surface area contributed by atoms with E-state index < -0.39 is 0 Å². The Bertz CT molecular complexity index is 354. The van der Waals surface area contributed by atoms with Crippen LogP contribution in [0.25, 0.3) is 0 Å². The molecular formula is C29H59N. The van der Waals surface area contributed by atoms with Crippen molar-refractivity contribution in [3.8, 4) is 0 Å². The third-order valence-corrected chi connectivity index (χ3v) is 7.04. The molecule has 1 nitrogen and oxygen atoms in total. The minimum Gasteiger partial charge on any atom is -0.325 e. The highest BCUT2D eigenvalue weighted by atomic mass is 14.7. The van der Waals surface area contributed by atoms with Crippen LogP contribution in [0, 0.1) is 11.8 Å². The van der Waals surface area contributed by atoms with Crippen LogP contribution >= 0.6 is 0 Å². The molecule has 0 bridgehead atoms. The Morgan fingerprint density at radius 3 is 1.37 bits per heavy atom. The summed E-state index contributed by atoms with van der Waals surface area (Å²) in [6.07, 6.45) is 29.8. The molecule has 0 heterocycles. The van der Waals surface area contributed by atoms with Gasteiger partial charge in [0.25, 0.3) is 0 Å². The first-order valence-corrected chi connectivity index (χ1v) is 13.9. The molecular weight excluding hydrogens is 362 g/mol. The second-order valence-corrected chi connectivity index (χ2v) is 10.6. The molecule has 0 amide bonds. The predicted molar refractivity (Wildman–Crippen MR) is 139 cm³/mol. The van der Waals surface area contributed by atoms with E-state index in [1.54, 1.807) is 0 Å². The lowest BCUT2D eigenvalue weighted by Gasteiger charge is -2.37. The molecule has 2 atom stereocenters. The number of allylic oxidation sites excluding steroid dienone is 1. The van der Waals surface area contributed by atoms with E-state index >= 15 is 0 Å². The van der Waals surface area contributed by atoms with E-state index in [2.05, 4.69) is 40.3 Å². The fourth-order valence-corrected chi connectivity index (χ4v) is 5.13. The van der Waals surface area contributed by atoms with Crippen molar-refractivity contribution in [1.82, 2.24) is 0 Å². The van der Waals surface area contributed by atoms with E-state index in [4.69, 9.17) is 5.73 Å². The zero-order valence-corrected chi connectivity index (χ0v) is 21.7. The molecule has 2 N–H and O–H groups in total. The van der Waals surface area contributed by atoms with Gasteiger partial charge in [0, 0.05) is 5.54 Å². The largest absolute Gasteiger partial charge is 0.325 e. The number of hydrogen-bond donors (Lipinski definition) is 1. The molecule has 2 unspecified atom stereocenters. The normalized spacial score (nSPS) is 14.0. The highest BCUT2D eigenvalue weighted by Gasteiger charge is 2.31. The highest BCUT2D eigenvalue weighted by molar-refractivity contribution is 4.90. The van der Waals surface area contributed by atoms with Gasteiger partial charge in [-0.05, 0) is 44.9 Å². The first-order valence-electron chi connectivity index (χ1n) is 13.9. The van der Waals surface area contributed by atoms with Crippen molar-refractivity contribution in [3.05, 3.63) is 12.7 Å². The number of unbranched alkanes of at least 4 members (excludes halogenated alkanes) is 15. The van der Waals surface area contributed by atoms with Crippen LogP contribution in [0.2, 0.25) is 0 Å². The summed E-state index contributed by atoms with van der Waals surface area (Å²) in [6.45, 7) is 13.2. The molecule has 0 aliphatic heterocycles. The van der Waals surface area contributed by atoms with Crippen molar-refractivity contribution >= 4 is 0 Å². The first-order chi connectivity index (χ1) is 14.5. The molecule has 0 saturated heterocycles. The van der Waals surface area contributed by atoms with Crippen LogP contribution < -0.4 is 5.73 Å². The molecule has 0 rings (SSSR count). The third kappa shape index (κ3) is 17.4. The molecule has 0 aromatic carbocycles. The van der Waals surface area contributed by atoms with Gasteiger partial charge in [-0.25, -0.2) is 0 Å². The van der Waals surface area contributed by atoms with Crippen molar-refractivity contribution in [2.24, 2.45) is 17.6 Å². The van der Waals surface area contributed by atoms with Gasteiger partial charge in [0.2, 0.25) is 0 Å². The average Bonchev–Trinajstić information content (AvgIpc) is 2.70. The Morgan fingerprint density at radius 2 is 1.00 bits per heavy atom. The van der Waals surface area contributed by atoms with Crippen LogP contribution in [-0.4, -0.2) is 5.54 Å². The van der Waals surface area contributed by atoms with Crippen molar-refractivity contribution in [2.75, 3.05) is 0 Å². The van der Waals surface area contributed by atoms with E-state index in [1.807, 2.05) is 0 Å². The molecule has 0 spiro atoms. The summed E-state index contributed by atoms with van der Waals surface area (Å²) in [4.78, 5) is 0. The quantitative estimate of drug-likeness (QED) is 0.129. The maximum absolute atomic E-state index is 6.68. The topological polar surface area (TPSA) is 26.0 Å². The zero-order valence-electron chi connectivity index (χ0n) is 21.7. The van der Waals surface area contributed by atoms with Crippen LogP contribution in [0.3, 0.4) is 0 Å². The van der Waals surface area contributed by atoms with E-state index in [9.17, 15) is 0 Å². The summed E-state index contributed by atoms with van der Waals surface area (Å²) < 4.78 is 0. The summed E-state index contributed by atoms with van der Waals surface area (Å²) in [7, 11) is 0. The molecule has 0 aromatic heterocycles. The molecule has 30 heavy (non-hydrogen) atoms. The van der Waals surface area contributed by atoms with Gasteiger partial charge in [-0.3, -0.25) is 0 Å². The predicted octanol–water partition coefficient (Wildman–Crippen LogP) is 9.98. The van der Waals surface area contributed by atoms with Gasteiger partial charge in [-0.15, -0.1) is 6.58 Å². The number of rotatable bonds is 23. The summed E-state index contributed by atoms with van der Waals surface area (Å²) in [5.74, 6) is 1.35. The fourth-order valence-electron chi connectivity index (χ4n) is 5.13. The van der Waals surface area contributed by atoms with Crippen molar-refractivity contribution in [1.29, 1.82) is 0 Å². The van der Waals surface area contributed by atoms with Gasteiger partial charge in [-0.2, -0.15) is 0 Å². The molecule has 0 aliphatic carbocycles. The maximum Gasteiger partial charge on any atom is 0.0128 e. The minimum atomic E-state index is -0.0753. The minimum absolute atomic E-state index is 0.0753. The Kier molecular flexibility index (Phi) is 20.4. The van der Waals surface area contributed by atoms with Gasteiger partial charge >= 0.3 is 0 Å². The maximum atomic E-state index is 6.68. The van der Waals surface area contributed by atoms with E-state index in [0.717, 1.165) is 12.3 Å². The Balaban J connectivity index is 4.18. The van der Waals surface area contributed by atoms with E-state index in [1.165, 1.54) is 122 Å². The van der Waals surface area contributed by atoms with Gasteiger partial charge in [0.1, 0.15) is 0 Å². The molecule has 0 saturated carbocycles. The summed E-state index contributed by atoms with van der Waals surface area (Å²) in [5, 5.41) is 0. The summed E-state index contributed by atoms with van der Waals surface area (Å²) in [6, 6.07) is 0. The van der Waals surface area contributed by atoms with E-state index in [0.29, 0.717) is 5.92 Å². The lowest BCUT2D eigenvalue weighted by Crippen LogP contribution is -2.44. The zero-order chi connectivity index (χ0) is 22.5. The fraction of sp³-hybridized carbons (Fsp3) is 0.931. The molecule has 0 aromatic rings. The lowest BCUT2D eigenvalue weighted by atomic mass is 9.72. The van der Waals surface area contributed by atoms with Gasteiger partial charge < -0.3 is 5.73 Å². The lowest BCUT2D eigenvalue weighted by molar-refractivity contribution is 0.184. The van der Waals surface area contributed by atoms with Crippen molar-refractivity contribution in [3.63, 3.8) is 0 Å². The number of nitrogens with two attached hydrogens (primary N) is 1. The molecule has 0 fully saturated rings. The Hall–Kier alpha value is -0.300. The monoisotopic (exact) mass is 421 g/mol. The van der Waals surface area contributed by atoms with Crippen LogP contribution in [0.15, 0.2) is 12.7 Å². The van der Waals surface area contributed by atoms with Crippen LogP contribution in [-0.2, 0) is 0 Å². The highest BCUT2D eigenvalue weighted by Crippen LogP contribution is 2.34. The third-order valence-electron chi connectivity index (χ3n) is 7.04. The van der Waals surface area contributed by atoms with Crippen LogP contribution in [0.5, 0.6) is 0 Å². The second kappa shape index (κ2) is 20.6. The summed E-state index contributed by atoms with van der Waals surface area (Å²) >= 11 is 0. The molecule has 0 aliphatic rings. The van der Waals surface area contributed by atoms with Crippen molar-refractivity contribution in [2.45, 2.75) is 162 Å². The van der Waals surface area contributed by atoms with Crippen molar-refractivity contribution < 1.29 is 0 Å². The Labute approximate surface area is 192 Å². The van der Waals surface area contributed by atoms with E-state index in [-0.39, 0.29) is 5.54 Å². The standard InChI is InChI=1S/C29H59N/c1-6-9-11-13-15-17-18-20-22-25-27(24-8-3)28(29(4,5)30)26-23-21-19-16-14-12-10-7-2/h8,27-28H,3,6-7,9-26,30H2,1-2,4-5H3. The SMILES string of the molecule is C=CCC(CCCCCCCCCCC)C(CCCCCCCCCC)C(C)(C)N.